The molecule has 1 spiro atoms. The molecule has 0 bridgehead atoms. The molecule has 94 valence electrons. The number of carbonyl (C=O) groups excluding carboxylic acids is 1. The normalized spacial score (nSPS) is 39.9. The van der Waals surface area contributed by atoms with Crippen LogP contribution in [-0.2, 0) is 4.79 Å². The van der Waals surface area contributed by atoms with E-state index in [4.69, 9.17) is 0 Å². The molecule has 1 saturated carbocycles. The summed E-state index contributed by atoms with van der Waals surface area (Å²) < 4.78 is 0. The Hall–Kier alpha value is -1.09. The highest BCUT2D eigenvalue weighted by Gasteiger charge is 2.48. The van der Waals surface area contributed by atoms with Gasteiger partial charge in [-0.1, -0.05) is 24.3 Å². The minimum atomic E-state index is -0.674. The Bertz CT molecular complexity index is 366. The molecule has 17 heavy (non-hydrogen) atoms. The molecular formula is C14H21NO2. The Kier molecular flexibility index (Phi) is 2.90. The second-order valence-electron chi connectivity index (χ2n) is 5.64. The highest BCUT2D eigenvalue weighted by molar-refractivity contribution is 5.82. The molecule has 3 nitrogen and oxygen atoms in total. The quantitative estimate of drug-likeness (QED) is 0.703. The van der Waals surface area contributed by atoms with E-state index >= 15 is 0 Å². The fourth-order valence-electron chi connectivity index (χ4n) is 2.89. The maximum Gasteiger partial charge on any atom is 0.232 e. The molecular weight excluding hydrogens is 214 g/mol. The molecule has 1 N–H and O–H groups in total. The topological polar surface area (TPSA) is 40.5 Å². The van der Waals surface area contributed by atoms with Crippen LogP contribution in [0.3, 0.4) is 0 Å². The van der Waals surface area contributed by atoms with Gasteiger partial charge < -0.3 is 10.0 Å². The number of rotatable bonds is 1. The summed E-state index contributed by atoms with van der Waals surface area (Å²) in [6.45, 7) is 1.89. The zero-order valence-electron chi connectivity index (χ0n) is 10.8. The fraction of sp³-hybridized carbons (Fsp3) is 0.643. The monoisotopic (exact) mass is 235 g/mol. The predicted octanol–water partition coefficient (Wildman–Crippen LogP) is 1.74. The van der Waals surface area contributed by atoms with Crippen LogP contribution in [-0.4, -0.2) is 35.6 Å². The second-order valence-corrected chi connectivity index (χ2v) is 5.64. The van der Waals surface area contributed by atoms with Crippen LogP contribution in [0.2, 0.25) is 0 Å². The van der Waals surface area contributed by atoms with Gasteiger partial charge in [0.05, 0.1) is 11.5 Å². The lowest BCUT2D eigenvalue weighted by Crippen LogP contribution is -2.40. The van der Waals surface area contributed by atoms with Gasteiger partial charge in [0.2, 0.25) is 5.91 Å². The average molecular weight is 235 g/mol. The van der Waals surface area contributed by atoms with Gasteiger partial charge in [-0.3, -0.25) is 4.79 Å². The molecule has 0 saturated heterocycles. The van der Waals surface area contributed by atoms with E-state index < -0.39 is 5.60 Å². The number of hydrogen-bond donors (Lipinski definition) is 1. The van der Waals surface area contributed by atoms with Crippen molar-refractivity contribution in [3.05, 3.63) is 24.3 Å². The van der Waals surface area contributed by atoms with E-state index in [9.17, 15) is 9.90 Å². The molecule has 0 radical (unpaired) electrons. The summed E-state index contributed by atoms with van der Waals surface area (Å²) >= 11 is 0. The Labute approximate surface area is 103 Å². The molecule has 0 aromatic heterocycles. The number of carbonyl (C=O) groups is 1. The first kappa shape index (κ1) is 12.4. The Morgan fingerprint density at radius 3 is 2.29 bits per heavy atom. The lowest BCUT2D eigenvalue weighted by atomic mass is 9.71. The van der Waals surface area contributed by atoms with Gasteiger partial charge in [-0.05, 0) is 26.2 Å². The summed E-state index contributed by atoms with van der Waals surface area (Å²) in [4.78, 5) is 13.4. The zero-order valence-corrected chi connectivity index (χ0v) is 10.8. The molecule has 0 aromatic carbocycles. The van der Waals surface area contributed by atoms with E-state index in [1.54, 1.807) is 19.0 Å². The van der Waals surface area contributed by atoms with E-state index in [0.717, 1.165) is 19.3 Å². The van der Waals surface area contributed by atoms with Crippen LogP contribution in [0.4, 0.5) is 0 Å². The standard InChI is InChI=1S/C14H21NO2/c1-13(17)7-4-8-14(13)9-5-11(6-10-14)12(16)15(2)3/h5-6,9-11,17H,4,7-8H2,1-3H3. The smallest absolute Gasteiger partial charge is 0.232 e. The molecule has 0 heterocycles. The predicted molar refractivity (Wildman–Crippen MR) is 67.4 cm³/mol. The molecule has 2 aliphatic carbocycles. The maximum absolute atomic E-state index is 11.8. The summed E-state index contributed by atoms with van der Waals surface area (Å²) in [6.07, 6.45) is 10.8. The molecule has 1 unspecified atom stereocenters. The summed E-state index contributed by atoms with van der Waals surface area (Å²) in [7, 11) is 3.53. The van der Waals surface area contributed by atoms with E-state index in [1.165, 1.54) is 0 Å². The van der Waals surface area contributed by atoms with Crippen molar-refractivity contribution >= 4 is 5.91 Å². The van der Waals surface area contributed by atoms with Gasteiger partial charge in [0.15, 0.2) is 0 Å². The van der Waals surface area contributed by atoms with Crippen LogP contribution in [0.15, 0.2) is 24.3 Å². The molecule has 1 fully saturated rings. The first-order chi connectivity index (χ1) is 7.88. The zero-order chi connectivity index (χ0) is 12.7. The van der Waals surface area contributed by atoms with Gasteiger partial charge in [0, 0.05) is 19.5 Å². The lowest BCUT2D eigenvalue weighted by Gasteiger charge is -2.37. The number of nitrogens with zero attached hydrogens (tertiary/aromatic N) is 1. The van der Waals surface area contributed by atoms with Crippen molar-refractivity contribution in [2.75, 3.05) is 14.1 Å². The van der Waals surface area contributed by atoms with Crippen molar-refractivity contribution in [2.45, 2.75) is 31.8 Å². The van der Waals surface area contributed by atoms with E-state index in [2.05, 4.69) is 0 Å². The van der Waals surface area contributed by atoms with Gasteiger partial charge >= 0.3 is 0 Å². The molecule has 2 aliphatic rings. The van der Waals surface area contributed by atoms with E-state index in [0.29, 0.717) is 0 Å². The molecule has 0 aromatic rings. The number of amides is 1. The van der Waals surface area contributed by atoms with Gasteiger partial charge in [-0.2, -0.15) is 0 Å². The largest absolute Gasteiger partial charge is 0.389 e. The van der Waals surface area contributed by atoms with Gasteiger partial charge in [-0.15, -0.1) is 0 Å². The molecule has 1 atom stereocenters. The minimum absolute atomic E-state index is 0.0880. The van der Waals surface area contributed by atoms with Crippen molar-refractivity contribution < 1.29 is 9.90 Å². The third kappa shape index (κ3) is 1.93. The van der Waals surface area contributed by atoms with Gasteiger partial charge in [-0.25, -0.2) is 0 Å². The minimum Gasteiger partial charge on any atom is -0.389 e. The SMILES string of the molecule is CN(C)C(=O)C1C=CC2(C=C1)CCCC2(C)O. The van der Waals surface area contributed by atoms with Crippen LogP contribution in [0.25, 0.3) is 0 Å². The summed E-state index contributed by atoms with van der Waals surface area (Å²) in [5, 5.41) is 10.4. The van der Waals surface area contributed by atoms with E-state index in [-0.39, 0.29) is 17.2 Å². The maximum atomic E-state index is 11.8. The first-order valence-electron chi connectivity index (χ1n) is 6.20. The van der Waals surface area contributed by atoms with Crippen LogP contribution in [0.5, 0.6) is 0 Å². The highest BCUT2D eigenvalue weighted by atomic mass is 16.3. The first-order valence-corrected chi connectivity index (χ1v) is 6.20. The number of aliphatic hydroxyl groups is 1. The fourth-order valence-corrected chi connectivity index (χ4v) is 2.89. The summed E-state index contributed by atoms with van der Waals surface area (Å²) in [6, 6.07) is 0. The van der Waals surface area contributed by atoms with Crippen molar-refractivity contribution in [3.63, 3.8) is 0 Å². The van der Waals surface area contributed by atoms with Gasteiger partial charge in [0.25, 0.3) is 0 Å². The highest BCUT2D eigenvalue weighted by Crippen LogP contribution is 2.50. The third-order valence-electron chi connectivity index (χ3n) is 4.18. The average Bonchev–Trinajstić information content (AvgIpc) is 2.55. The van der Waals surface area contributed by atoms with Crippen LogP contribution < -0.4 is 0 Å². The summed E-state index contributed by atoms with van der Waals surface area (Å²) in [5.41, 5.74) is -0.928. The Balaban J connectivity index is 2.18. The summed E-state index contributed by atoms with van der Waals surface area (Å²) in [5.74, 6) is -0.0861. The number of hydrogen-bond acceptors (Lipinski definition) is 2. The molecule has 3 heteroatoms. The third-order valence-corrected chi connectivity index (χ3v) is 4.18. The van der Waals surface area contributed by atoms with Crippen LogP contribution in [0, 0.1) is 11.3 Å². The molecule has 1 amide bonds. The molecule has 0 aliphatic heterocycles. The van der Waals surface area contributed by atoms with Crippen LogP contribution in [0.1, 0.15) is 26.2 Å². The molecule has 2 rings (SSSR count). The van der Waals surface area contributed by atoms with Crippen molar-refractivity contribution in [1.82, 2.24) is 4.90 Å². The Morgan fingerprint density at radius 1 is 1.29 bits per heavy atom. The second kappa shape index (κ2) is 3.98. The van der Waals surface area contributed by atoms with Crippen molar-refractivity contribution in [3.8, 4) is 0 Å². The van der Waals surface area contributed by atoms with Crippen LogP contribution >= 0.6 is 0 Å². The van der Waals surface area contributed by atoms with Gasteiger partial charge in [0.1, 0.15) is 0 Å². The van der Waals surface area contributed by atoms with E-state index in [1.807, 2.05) is 31.2 Å². The van der Waals surface area contributed by atoms with Crippen molar-refractivity contribution in [1.29, 1.82) is 0 Å². The van der Waals surface area contributed by atoms with Crippen molar-refractivity contribution in [2.24, 2.45) is 11.3 Å². The lowest BCUT2D eigenvalue weighted by molar-refractivity contribution is -0.130. The Morgan fingerprint density at radius 2 is 1.88 bits per heavy atom.